The number of amides is 2. The topological polar surface area (TPSA) is 127 Å². The quantitative estimate of drug-likeness (QED) is 0.394. The van der Waals surface area contributed by atoms with Crippen molar-refractivity contribution in [2.45, 2.75) is 19.8 Å². The van der Waals surface area contributed by atoms with Crippen LogP contribution in [0.1, 0.15) is 41.4 Å². The number of nitrogens with two attached hydrogens (primary N) is 1. The second-order valence-corrected chi connectivity index (χ2v) is 7.54. The monoisotopic (exact) mass is 451 g/mol. The van der Waals surface area contributed by atoms with Crippen molar-refractivity contribution in [3.8, 4) is 0 Å². The summed E-state index contributed by atoms with van der Waals surface area (Å²) >= 11 is 0. The molecule has 0 fully saturated rings. The van der Waals surface area contributed by atoms with E-state index < -0.39 is 17.7 Å². The lowest BCUT2D eigenvalue weighted by Gasteiger charge is -2.09. The number of anilines is 3. The molecule has 4 rings (SSSR count). The molecule has 9 nitrogen and oxygen atoms in total. The number of benzene rings is 1. The molecule has 0 bridgehead atoms. The highest BCUT2D eigenvalue weighted by Gasteiger charge is 2.22. The average Bonchev–Trinajstić information content (AvgIpc) is 3.17. The van der Waals surface area contributed by atoms with Crippen LogP contribution >= 0.6 is 0 Å². The molecule has 1 aromatic carbocycles. The maximum Gasteiger partial charge on any atom is 0.323 e. The van der Waals surface area contributed by atoms with Gasteiger partial charge in [-0.1, -0.05) is 13.8 Å². The molecule has 0 atom stereocenters. The van der Waals surface area contributed by atoms with Gasteiger partial charge >= 0.3 is 6.03 Å². The Balaban J connectivity index is 1.60. The predicted octanol–water partition coefficient (Wildman–Crippen LogP) is 3.98. The van der Waals surface area contributed by atoms with Crippen LogP contribution < -0.4 is 16.4 Å². The molecule has 2 amide bonds. The highest BCUT2D eigenvalue weighted by atomic mass is 19.1. The van der Waals surface area contributed by atoms with Gasteiger partial charge in [-0.3, -0.25) is 9.78 Å². The molecule has 0 spiro atoms. The Morgan fingerprint density at radius 2 is 1.88 bits per heavy atom. The van der Waals surface area contributed by atoms with E-state index in [0.29, 0.717) is 17.1 Å². The number of nitrogen functional groups attached to an aromatic ring is 1. The standard InChI is InChI=1S/C22H19F2N7O2/c1-11(2)18-7-15(19-21(25)27-10-28-31(18)19)20(32)12-5-14(9-26-8-12)29-22(33)30-17-4-3-13(23)6-16(17)24/h3-11H,1-2H3,(H2,25,27,28)(H2,29,30,33). The van der Waals surface area contributed by atoms with Gasteiger partial charge < -0.3 is 16.4 Å². The lowest BCUT2D eigenvalue weighted by Crippen LogP contribution is -2.20. The minimum absolute atomic E-state index is 0.0648. The van der Waals surface area contributed by atoms with Gasteiger partial charge in [-0.2, -0.15) is 5.10 Å². The molecule has 4 N–H and O–H groups in total. The van der Waals surface area contributed by atoms with Crippen molar-refractivity contribution in [1.29, 1.82) is 0 Å². The van der Waals surface area contributed by atoms with Gasteiger partial charge in [-0.25, -0.2) is 23.1 Å². The van der Waals surface area contributed by atoms with E-state index in [-0.39, 0.29) is 34.5 Å². The van der Waals surface area contributed by atoms with E-state index in [9.17, 15) is 18.4 Å². The summed E-state index contributed by atoms with van der Waals surface area (Å²) in [5, 5.41) is 8.95. The number of aromatic nitrogens is 4. The van der Waals surface area contributed by atoms with Crippen molar-refractivity contribution in [1.82, 2.24) is 19.6 Å². The highest BCUT2D eigenvalue weighted by Crippen LogP contribution is 2.27. The van der Waals surface area contributed by atoms with Crippen LogP contribution in [-0.4, -0.2) is 31.4 Å². The van der Waals surface area contributed by atoms with Crippen molar-refractivity contribution in [3.05, 3.63) is 77.5 Å². The van der Waals surface area contributed by atoms with Gasteiger partial charge in [-0.05, 0) is 30.2 Å². The molecule has 0 unspecified atom stereocenters. The van der Waals surface area contributed by atoms with Gasteiger partial charge in [0, 0.05) is 23.5 Å². The fraction of sp³-hybridized carbons (Fsp3) is 0.136. The van der Waals surface area contributed by atoms with Gasteiger partial charge in [0.05, 0.1) is 23.1 Å². The molecule has 168 valence electrons. The first-order valence-electron chi connectivity index (χ1n) is 9.89. The number of hydrogen-bond donors (Lipinski definition) is 3. The summed E-state index contributed by atoms with van der Waals surface area (Å²) in [5.74, 6) is -1.85. The molecule has 33 heavy (non-hydrogen) atoms. The number of fused-ring (bicyclic) bond motifs is 1. The second-order valence-electron chi connectivity index (χ2n) is 7.54. The van der Waals surface area contributed by atoms with Crippen molar-refractivity contribution in [3.63, 3.8) is 0 Å². The van der Waals surface area contributed by atoms with Crippen LogP contribution in [0.5, 0.6) is 0 Å². The fourth-order valence-electron chi connectivity index (χ4n) is 3.34. The first kappa shape index (κ1) is 21.8. The minimum atomic E-state index is -0.923. The number of carbonyl (C=O) groups excluding carboxylic acids is 2. The summed E-state index contributed by atoms with van der Waals surface area (Å²) in [6.07, 6.45) is 3.99. The number of carbonyl (C=O) groups is 2. The third kappa shape index (κ3) is 4.33. The van der Waals surface area contributed by atoms with Crippen molar-refractivity contribution >= 4 is 34.5 Å². The maximum atomic E-state index is 13.8. The van der Waals surface area contributed by atoms with E-state index in [1.54, 1.807) is 10.6 Å². The number of rotatable bonds is 5. The van der Waals surface area contributed by atoms with E-state index in [1.165, 1.54) is 24.8 Å². The Bertz CT molecular complexity index is 1380. The largest absolute Gasteiger partial charge is 0.382 e. The minimum Gasteiger partial charge on any atom is -0.382 e. The van der Waals surface area contributed by atoms with Crippen LogP contribution in [0.2, 0.25) is 0 Å². The molecule has 0 aliphatic heterocycles. The van der Waals surface area contributed by atoms with E-state index >= 15 is 0 Å². The predicted molar refractivity (Wildman–Crippen MR) is 118 cm³/mol. The summed E-state index contributed by atoms with van der Waals surface area (Å²) in [7, 11) is 0. The highest BCUT2D eigenvalue weighted by molar-refractivity contribution is 6.15. The van der Waals surface area contributed by atoms with Crippen LogP contribution in [-0.2, 0) is 0 Å². The maximum absolute atomic E-state index is 13.8. The van der Waals surface area contributed by atoms with Crippen LogP contribution in [0, 0.1) is 11.6 Å². The first-order chi connectivity index (χ1) is 15.7. The molecule has 0 radical (unpaired) electrons. The number of pyridine rings is 1. The average molecular weight is 451 g/mol. The molecular formula is C22H19F2N7O2. The molecular weight excluding hydrogens is 432 g/mol. The number of urea groups is 1. The number of hydrogen-bond acceptors (Lipinski definition) is 6. The van der Waals surface area contributed by atoms with E-state index in [2.05, 4.69) is 25.7 Å². The zero-order chi connectivity index (χ0) is 23.7. The summed E-state index contributed by atoms with van der Waals surface area (Å²) in [5.41, 5.74) is 7.66. The van der Waals surface area contributed by atoms with E-state index in [0.717, 1.165) is 17.8 Å². The number of nitrogens with one attached hydrogen (secondary N) is 2. The number of nitrogens with zero attached hydrogens (tertiary/aromatic N) is 4. The number of halogens is 2. The van der Waals surface area contributed by atoms with Crippen LogP contribution in [0.15, 0.2) is 49.1 Å². The Kier molecular flexibility index (Phi) is 5.69. The van der Waals surface area contributed by atoms with Gasteiger partial charge in [0.15, 0.2) is 11.6 Å². The number of ketones is 1. The summed E-state index contributed by atoms with van der Waals surface area (Å²) in [4.78, 5) is 33.5. The molecule has 11 heteroatoms. The smallest absolute Gasteiger partial charge is 0.323 e. The Hall–Kier alpha value is -4.41. The zero-order valence-corrected chi connectivity index (χ0v) is 17.6. The molecule has 0 saturated carbocycles. The van der Waals surface area contributed by atoms with Gasteiger partial charge in [0.25, 0.3) is 0 Å². The fourth-order valence-corrected chi connectivity index (χ4v) is 3.34. The van der Waals surface area contributed by atoms with Crippen molar-refractivity contribution in [2.24, 2.45) is 0 Å². The third-order valence-corrected chi connectivity index (χ3v) is 4.88. The third-order valence-electron chi connectivity index (χ3n) is 4.88. The normalized spacial score (nSPS) is 11.1. The molecule has 3 aromatic heterocycles. The molecule has 3 heterocycles. The molecule has 4 aromatic rings. The van der Waals surface area contributed by atoms with E-state index in [1.807, 2.05) is 13.8 Å². The summed E-state index contributed by atoms with van der Waals surface area (Å²) in [6.45, 7) is 3.92. The van der Waals surface area contributed by atoms with Gasteiger partial charge in [-0.15, -0.1) is 0 Å². The Morgan fingerprint density at radius 3 is 2.61 bits per heavy atom. The lowest BCUT2D eigenvalue weighted by molar-refractivity contribution is 0.104. The Labute approximate surface area is 186 Å². The van der Waals surface area contributed by atoms with Crippen LogP contribution in [0.4, 0.5) is 30.8 Å². The SMILES string of the molecule is CC(C)c1cc(C(=O)c2cncc(NC(=O)Nc3ccc(F)cc3F)c2)c2c(N)ncnn12. The second kappa shape index (κ2) is 8.61. The van der Waals surface area contributed by atoms with Crippen molar-refractivity contribution in [2.75, 3.05) is 16.4 Å². The van der Waals surface area contributed by atoms with Crippen molar-refractivity contribution < 1.29 is 18.4 Å². The van der Waals surface area contributed by atoms with Crippen LogP contribution in [0.25, 0.3) is 5.52 Å². The molecule has 0 aliphatic carbocycles. The Morgan fingerprint density at radius 1 is 1.09 bits per heavy atom. The lowest BCUT2D eigenvalue weighted by atomic mass is 10.0. The van der Waals surface area contributed by atoms with Gasteiger partial charge in [0.2, 0.25) is 0 Å². The molecule has 0 saturated heterocycles. The first-order valence-corrected chi connectivity index (χ1v) is 9.89. The van der Waals surface area contributed by atoms with Gasteiger partial charge in [0.1, 0.15) is 23.5 Å². The van der Waals surface area contributed by atoms with E-state index in [4.69, 9.17) is 5.73 Å². The summed E-state index contributed by atoms with van der Waals surface area (Å²) in [6, 6.07) is 5.11. The summed E-state index contributed by atoms with van der Waals surface area (Å²) < 4.78 is 28.4. The zero-order valence-electron chi connectivity index (χ0n) is 17.6. The molecule has 0 aliphatic rings. The van der Waals surface area contributed by atoms with Crippen LogP contribution in [0.3, 0.4) is 0 Å².